The maximum Gasteiger partial charge on any atom is 0.223 e. The summed E-state index contributed by atoms with van der Waals surface area (Å²) in [6.45, 7) is 0.929. The molecule has 146 valence electrons. The third kappa shape index (κ3) is 4.77. The van der Waals surface area contributed by atoms with Gasteiger partial charge in [-0.2, -0.15) is 15.3 Å². The first kappa shape index (κ1) is 19.6. The Morgan fingerprint density at radius 3 is 2.68 bits per heavy atom. The van der Waals surface area contributed by atoms with E-state index in [1.54, 1.807) is 18.0 Å². The van der Waals surface area contributed by atoms with Gasteiger partial charge in [0.05, 0.1) is 19.3 Å². The molecular weight excluding hydrogens is 354 g/mol. The van der Waals surface area contributed by atoms with Crippen LogP contribution in [0.25, 0.3) is 0 Å². The normalized spacial score (nSPS) is 13.8. The number of carbonyl (C=O) groups excluding carboxylic acids is 1. The summed E-state index contributed by atoms with van der Waals surface area (Å²) in [6.07, 6.45) is 9.34. The highest BCUT2D eigenvalue weighted by molar-refractivity contribution is 5.76. The van der Waals surface area contributed by atoms with Gasteiger partial charge in [-0.15, -0.1) is 12.3 Å². The van der Waals surface area contributed by atoms with Crippen molar-refractivity contribution < 1.29 is 9.53 Å². The van der Waals surface area contributed by atoms with Gasteiger partial charge in [0.1, 0.15) is 5.75 Å². The van der Waals surface area contributed by atoms with Gasteiger partial charge in [-0.05, 0) is 12.1 Å². The van der Waals surface area contributed by atoms with Gasteiger partial charge in [-0.1, -0.05) is 18.2 Å². The predicted octanol–water partition coefficient (Wildman–Crippen LogP) is 3.31. The van der Waals surface area contributed by atoms with Crippen LogP contribution in [0.3, 0.4) is 0 Å². The number of terminal acetylenes is 1. The molecule has 7 nitrogen and oxygen atoms in total. The Morgan fingerprint density at radius 1 is 1.25 bits per heavy atom. The molecule has 0 aliphatic carbocycles. The zero-order valence-corrected chi connectivity index (χ0v) is 16.3. The van der Waals surface area contributed by atoms with Gasteiger partial charge in [0.15, 0.2) is 5.66 Å². The second-order valence-corrected chi connectivity index (χ2v) is 6.89. The number of para-hydroxylation sites is 1. The average Bonchev–Trinajstić information content (AvgIpc) is 3.38. The van der Waals surface area contributed by atoms with Crippen molar-refractivity contribution >= 4 is 5.91 Å². The standard InChI is InChI=1S/C21H25N5O2/c1-4-5-12-21(23-24-21)13-10-20(27)26(16-18-11-14-22-25(18)2)15-17-8-6-7-9-19(17)28-3/h1,6-9,11,14H,5,10,12-13,15-16H2,2-3H3. The lowest BCUT2D eigenvalue weighted by Gasteiger charge is -2.24. The first-order chi connectivity index (χ1) is 13.6. The topological polar surface area (TPSA) is 72.1 Å². The molecule has 0 radical (unpaired) electrons. The fourth-order valence-corrected chi connectivity index (χ4v) is 3.16. The van der Waals surface area contributed by atoms with E-state index in [1.165, 1.54) is 0 Å². The van der Waals surface area contributed by atoms with E-state index >= 15 is 0 Å². The van der Waals surface area contributed by atoms with Crippen molar-refractivity contribution in [1.29, 1.82) is 0 Å². The van der Waals surface area contributed by atoms with Gasteiger partial charge >= 0.3 is 0 Å². The van der Waals surface area contributed by atoms with Crippen LogP contribution in [0.15, 0.2) is 46.8 Å². The van der Waals surface area contributed by atoms with Gasteiger partial charge in [0, 0.05) is 51.0 Å². The molecule has 3 rings (SSSR count). The van der Waals surface area contributed by atoms with Crippen molar-refractivity contribution in [2.24, 2.45) is 17.3 Å². The molecule has 0 fully saturated rings. The average molecular weight is 379 g/mol. The largest absolute Gasteiger partial charge is 0.496 e. The summed E-state index contributed by atoms with van der Waals surface area (Å²) in [5.41, 5.74) is 1.47. The summed E-state index contributed by atoms with van der Waals surface area (Å²) in [5.74, 6) is 3.43. The van der Waals surface area contributed by atoms with Gasteiger partial charge in [0.2, 0.25) is 5.91 Å². The Hall–Kier alpha value is -3.14. The molecule has 2 heterocycles. The summed E-state index contributed by atoms with van der Waals surface area (Å²) < 4.78 is 7.23. The Kier molecular flexibility index (Phi) is 6.09. The van der Waals surface area contributed by atoms with E-state index in [0.717, 1.165) is 17.0 Å². The number of carbonyl (C=O) groups is 1. The second-order valence-electron chi connectivity index (χ2n) is 6.89. The van der Waals surface area contributed by atoms with E-state index in [0.29, 0.717) is 38.8 Å². The van der Waals surface area contributed by atoms with Crippen molar-refractivity contribution in [3.63, 3.8) is 0 Å². The minimum atomic E-state index is -0.454. The smallest absolute Gasteiger partial charge is 0.223 e. The summed E-state index contributed by atoms with van der Waals surface area (Å²) in [6, 6.07) is 9.66. The number of rotatable bonds is 10. The van der Waals surface area contributed by atoms with E-state index < -0.39 is 5.66 Å². The third-order valence-corrected chi connectivity index (χ3v) is 4.97. The number of nitrogens with zero attached hydrogens (tertiary/aromatic N) is 5. The zero-order valence-electron chi connectivity index (χ0n) is 16.3. The van der Waals surface area contributed by atoms with Crippen molar-refractivity contribution in [3.05, 3.63) is 47.8 Å². The molecule has 2 aromatic rings. The first-order valence-electron chi connectivity index (χ1n) is 9.31. The Bertz CT molecular complexity index is 890. The zero-order chi connectivity index (χ0) is 20.0. The molecule has 7 heteroatoms. The number of aromatic nitrogens is 2. The predicted molar refractivity (Wildman–Crippen MR) is 105 cm³/mol. The van der Waals surface area contributed by atoms with Crippen LogP contribution >= 0.6 is 0 Å². The monoisotopic (exact) mass is 379 g/mol. The molecule has 28 heavy (non-hydrogen) atoms. The molecule has 0 N–H and O–H groups in total. The van der Waals surface area contributed by atoms with Gasteiger partial charge in [0.25, 0.3) is 0 Å². The molecule has 1 aromatic heterocycles. The lowest BCUT2D eigenvalue weighted by Crippen LogP contribution is -2.32. The fraction of sp³-hybridized carbons (Fsp3) is 0.429. The van der Waals surface area contributed by atoms with E-state index in [2.05, 4.69) is 21.2 Å². The number of amides is 1. The second kappa shape index (κ2) is 8.70. The van der Waals surface area contributed by atoms with Crippen LogP contribution in [0.5, 0.6) is 5.75 Å². The molecule has 0 saturated heterocycles. The summed E-state index contributed by atoms with van der Waals surface area (Å²) in [4.78, 5) is 14.9. The van der Waals surface area contributed by atoms with Gasteiger partial charge in [-0.3, -0.25) is 9.48 Å². The van der Waals surface area contributed by atoms with Crippen LogP contribution in [0.4, 0.5) is 0 Å². The Balaban J connectivity index is 1.71. The third-order valence-electron chi connectivity index (χ3n) is 4.97. The summed E-state index contributed by atoms with van der Waals surface area (Å²) in [5, 5.41) is 12.5. The van der Waals surface area contributed by atoms with E-state index in [9.17, 15) is 4.79 Å². The highest BCUT2D eigenvalue weighted by Gasteiger charge is 2.39. The highest BCUT2D eigenvalue weighted by atomic mass is 16.5. The molecule has 0 unspecified atom stereocenters. The molecule has 1 aromatic carbocycles. The van der Waals surface area contributed by atoms with E-state index in [-0.39, 0.29) is 5.91 Å². The number of methoxy groups -OCH3 is 1. The lowest BCUT2D eigenvalue weighted by atomic mass is 10.0. The van der Waals surface area contributed by atoms with Crippen molar-refractivity contribution in [3.8, 4) is 18.1 Å². The fourth-order valence-electron chi connectivity index (χ4n) is 3.16. The maximum absolute atomic E-state index is 13.1. The van der Waals surface area contributed by atoms with E-state index in [1.807, 2.05) is 42.3 Å². The Morgan fingerprint density at radius 2 is 2.04 bits per heavy atom. The number of hydrogen-bond donors (Lipinski definition) is 0. The number of aryl methyl sites for hydroxylation is 1. The minimum absolute atomic E-state index is 0.0458. The summed E-state index contributed by atoms with van der Waals surface area (Å²) >= 11 is 0. The van der Waals surface area contributed by atoms with Crippen LogP contribution in [-0.2, 0) is 24.9 Å². The van der Waals surface area contributed by atoms with Crippen LogP contribution < -0.4 is 4.74 Å². The van der Waals surface area contributed by atoms with Crippen molar-refractivity contribution in [2.75, 3.05) is 7.11 Å². The maximum atomic E-state index is 13.1. The molecule has 1 amide bonds. The number of hydrogen-bond acceptors (Lipinski definition) is 5. The molecular formula is C21H25N5O2. The van der Waals surface area contributed by atoms with Crippen LogP contribution in [-0.4, -0.2) is 33.4 Å². The highest BCUT2D eigenvalue weighted by Crippen LogP contribution is 2.37. The number of ether oxygens (including phenoxy) is 1. The van der Waals surface area contributed by atoms with Crippen LogP contribution in [0.1, 0.15) is 36.9 Å². The number of benzene rings is 1. The van der Waals surface area contributed by atoms with Crippen LogP contribution in [0, 0.1) is 12.3 Å². The first-order valence-corrected chi connectivity index (χ1v) is 9.31. The molecule has 0 saturated carbocycles. The minimum Gasteiger partial charge on any atom is -0.496 e. The molecule has 1 aliphatic rings. The SMILES string of the molecule is C#CCCC1(CCC(=O)N(Cc2ccccc2OC)Cc2ccnn2C)N=N1. The lowest BCUT2D eigenvalue weighted by molar-refractivity contribution is -0.132. The van der Waals surface area contributed by atoms with E-state index in [4.69, 9.17) is 11.2 Å². The van der Waals surface area contributed by atoms with Gasteiger partial charge in [-0.25, -0.2) is 0 Å². The molecule has 0 bridgehead atoms. The Labute approximate surface area is 165 Å². The quantitative estimate of drug-likeness (QED) is 0.595. The van der Waals surface area contributed by atoms with Crippen molar-refractivity contribution in [1.82, 2.24) is 14.7 Å². The van der Waals surface area contributed by atoms with Crippen LogP contribution in [0.2, 0.25) is 0 Å². The molecule has 1 aliphatic heterocycles. The summed E-state index contributed by atoms with van der Waals surface area (Å²) in [7, 11) is 3.51. The molecule has 0 atom stereocenters. The van der Waals surface area contributed by atoms with Crippen molar-refractivity contribution in [2.45, 2.75) is 44.4 Å². The van der Waals surface area contributed by atoms with Gasteiger partial charge < -0.3 is 9.64 Å². The molecule has 0 spiro atoms.